The van der Waals surface area contributed by atoms with Crippen LogP contribution in [0, 0.1) is 5.92 Å². The van der Waals surface area contributed by atoms with E-state index in [9.17, 15) is 14.7 Å². The third kappa shape index (κ3) is 2.19. The molecule has 5 heteroatoms. The Morgan fingerprint density at radius 3 is 2.76 bits per heavy atom. The molecule has 2 unspecified atom stereocenters. The quantitative estimate of drug-likeness (QED) is 0.933. The van der Waals surface area contributed by atoms with Gasteiger partial charge in [-0.2, -0.15) is 0 Å². The molecule has 2 aromatic rings. The minimum atomic E-state index is -1.65. The molecule has 2 aliphatic rings. The number of para-hydroxylation sites is 1. The molecule has 1 amide bonds. The number of fused-ring (bicyclic) bond motifs is 2. The highest BCUT2D eigenvalue weighted by molar-refractivity contribution is 6.08. The molecule has 1 aliphatic heterocycles. The molecule has 0 bridgehead atoms. The summed E-state index contributed by atoms with van der Waals surface area (Å²) in [5.41, 5.74) is 1.17. The Hall–Kier alpha value is -2.66. The Kier molecular flexibility index (Phi) is 3.44. The van der Waals surface area contributed by atoms with E-state index in [1.807, 2.05) is 12.1 Å². The molecule has 0 aromatic heterocycles. The van der Waals surface area contributed by atoms with E-state index in [-0.39, 0.29) is 18.1 Å². The summed E-state index contributed by atoms with van der Waals surface area (Å²) in [7, 11) is 3.23. The number of aliphatic hydroxyl groups is 1. The van der Waals surface area contributed by atoms with Gasteiger partial charge in [0.2, 0.25) is 0 Å². The van der Waals surface area contributed by atoms with Crippen LogP contribution in [0.25, 0.3) is 0 Å². The first-order valence-corrected chi connectivity index (χ1v) is 8.27. The van der Waals surface area contributed by atoms with E-state index >= 15 is 0 Å². The fraction of sp³-hybridized carbons (Fsp3) is 0.300. The predicted octanol–water partition coefficient (Wildman–Crippen LogP) is 2.30. The van der Waals surface area contributed by atoms with Crippen LogP contribution < -0.4 is 9.64 Å². The van der Waals surface area contributed by atoms with Gasteiger partial charge in [-0.05, 0) is 42.7 Å². The van der Waals surface area contributed by atoms with Crippen LogP contribution in [0.15, 0.2) is 42.5 Å². The summed E-state index contributed by atoms with van der Waals surface area (Å²) in [5.74, 6) is -0.121. The highest BCUT2D eigenvalue weighted by Crippen LogP contribution is 2.45. The van der Waals surface area contributed by atoms with Crippen LogP contribution in [0.1, 0.15) is 27.9 Å². The molecular formula is C20H19NO4. The maximum Gasteiger partial charge on any atom is 0.263 e. The van der Waals surface area contributed by atoms with Crippen LogP contribution in [0.3, 0.4) is 0 Å². The van der Waals surface area contributed by atoms with E-state index in [1.165, 1.54) is 4.90 Å². The summed E-state index contributed by atoms with van der Waals surface area (Å²) in [4.78, 5) is 26.9. The van der Waals surface area contributed by atoms with Crippen LogP contribution in [0.4, 0.5) is 5.69 Å². The normalized spacial score (nSPS) is 24.4. The fourth-order valence-corrected chi connectivity index (χ4v) is 4.02. The Morgan fingerprint density at radius 1 is 1.24 bits per heavy atom. The summed E-state index contributed by atoms with van der Waals surface area (Å²) < 4.78 is 5.22. The number of ketones is 1. The second-order valence-electron chi connectivity index (χ2n) is 6.73. The molecule has 0 radical (unpaired) electrons. The molecule has 2 atom stereocenters. The average molecular weight is 337 g/mol. The zero-order valence-electron chi connectivity index (χ0n) is 14.2. The minimum absolute atomic E-state index is 0.0223. The van der Waals surface area contributed by atoms with E-state index in [4.69, 9.17) is 4.74 Å². The van der Waals surface area contributed by atoms with Gasteiger partial charge in [0.15, 0.2) is 11.4 Å². The molecule has 128 valence electrons. The lowest BCUT2D eigenvalue weighted by Crippen LogP contribution is -2.40. The maximum atomic E-state index is 12.7. The molecule has 1 heterocycles. The average Bonchev–Trinajstić information content (AvgIpc) is 3.03. The summed E-state index contributed by atoms with van der Waals surface area (Å²) >= 11 is 0. The molecule has 5 nitrogen and oxygen atoms in total. The van der Waals surface area contributed by atoms with Crippen molar-refractivity contribution in [3.63, 3.8) is 0 Å². The van der Waals surface area contributed by atoms with Gasteiger partial charge in [0.25, 0.3) is 5.91 Å². The monoisotopic (exact) mass is 337 g/mol. The molecule has 0 saturated carbocycles. The third-order valence-corrected chi connectivity index (χ3v) is 5.33. The second-order valence-corrected chi connectivity index (χ2v) is 6.73. The van der Waals surface area contributed by atoms with Gasteiger partial charge in [-0.15, -0.1) is 0 Å². The van der Waals surface area contributed by atoms with Gasteiger partial charge in [-0.1, -0.05) is 18.2 Å². The summed E-state index contributed by atoms with van der Waals surface area (Å²) in [6, 6.07) is 12.6. The van der Waals surface area contributed by atoms with Gasteiger partial charge in [-0.3, -0.25) is 9.59 Å². The highest BCUT2D eigenvalue weighted by Gasteiger charge is 2.51. The number of nitrogens with zero attached hydrogens (tertiary/aromatic N) is 1. The number of benzene rings is 2. The number of hydrogen-bond donors (Lipinski definition) is 1. The third-order valence-electron chi connectivity index (χ3n) is 5.33. The van der Waals surface area contributed by atoms with Crippen molar-refractivity contribution in [2.45, 2.75) is 18.4 Å². The van der Waals surface area contributed by atoms with E-state index in [0.717, 1.165) is 5.56 Å². The van der Waals surface area contributed by atoms with Crippen molar-refractivity contribution < 1.29 is 19.4 Å². The van der Waals surface area contributed by atoms with E-state index < -0.39 is 11.5 Å². The van der Waals surface area contributed by atoms with Gasteiger partial charge in [0.05, 0.1) is 12.8 Å². The van der Waals surface area contributed by atoms with Crippen molar-refractivity contribution in [1.82, 2.24) is 0 Å². The first kappa shape index (κ1) is 15.8. The molecule has 4 rings (SSSR count). The molecule has 1 aliphatic carbocycles. The molecule has 25 heavy (non-hydrogen) atoms. The van der Waals surface area contributed by atoms with Gasteiger partial charge in [0, 0.05) is 24.1 Å². The number of rotatable bonds is 3. The van der Waals surface area contributed by atoms with Crippen molar-refractivity contribution in [3.05, 3.63) is 59.2 Å². The first-order chi connectivity index (χ1) is 12.0. The van der Waals surface area contributed by atoms with E-state index in [0.29, 0.717) is 29.0 Å². The highest BCUT2D eigenvalue weighted by atomic mass is 16.5. The van der Waals surface area contributed by atoms with Crippen molar-refractivity contribution in [2.75, 3.05) is 19.1 Å². The van der Waals surface area contributed by atoms with Crippen LogP contribution in [0.2, 0.25) is 0 Å². The maximum absolute atomic E-state index is 12.7. The summed E-state index contributed by atoms with van der Waals surface area (Å²) in [6.45, 7) is 0. The number of likely N-dealkylation sites (N-methyl/N-ethyl adjacent to an activating group) is 1. The zero-order chi connectivity index (χ0) is 17.8. The lowest BCUT2D eigenvalue weighted by molar-refractivity contribution is -0.137. The topological polar surface area (TPSA) is 66.8 Å². The zero-order valence-corrected chi connectivity index (χ0v) is 14.2. The number of hydrogen-bond acceptors (Lipinski definition) is 4. The van der Waals surface area contributed by atoms with Crippen molar-refractivity contribution in [3.8, 4) is 5.75 Å². The second kappa shape index (κ2) is 5.43. The van der Waals surface area contributed by atoms with Crippen LogP contribution >= 0.6 is 0 Å². The van der Waals surface area contributed by atoms with Gasteiger partial charge in [0.1, 0.15) is 5.75 Å². The Bertz CT molecular complexity index is 891. The number of carbonyl (C=O) groups excluding carboxylic acids is 2. The standard InChI is InChI=1S/C20H19NO4/c1-21-17-6-4-3-5-16(17)20(24,19(21)23)11-13-9-12-10-14(25-2)7-8-15(12)18(13)22/h3-8,10,13,24H,9,11H2,1-2H3. The molecule has 0 saturated heterocycles. The predicted molar refractivity (Wildman–Crippen MR) is 92.9 cm³/mol. The smallest absolute Gasteiger partial charge is 0.263 e. The van der Waals surface area contributed by atoms with E-state index in [2.05, 4.69) is 0 Å². The molecule has 0 fully saturated rings. The number of methoxy groups -OCH3 is 1. The van der Waals surface area contributed by atoms with Gasteiger partial charge in [-0.25, -0.2) is 0 Å². The molecule has 0 spiro atoms. The first-order valence-electron chi connectivity index (χ1n) is 8.27. The van der Waals surface area contributed by atoms with Crippen molar-refractivity contribution in [1.29, 1.82) is 0 Å². The number of amides is 1. The molecular weight excluding hydrogens is 318 g/mol. The molecule has 1 N–H and O–H groups in total. The Labute approximate surface area is 145 Å². The van der Waals surface area contributed by atoms with Crippen molar-refractivity contribution in [2.24, 2.45) is 5.92 Å². The lowest BCUT2D eigenvalue weighted by atomic mass is 9.84. The number of anilines is 1. The lowest BCUT2D eigenvalue weighted by Gasteiger charge is -2.24. The molecule has 2 aromatic carbocycles. The summed E-state index contributed by atoms with van der Waals surface area (Å²) in [6.07, 6.45) is 0.593. The summed E-state index contributed by atoms with van der Waals surface area (Å²) in [5, 5.41) is 11.2. The van der Waals surface area contributed by atoms with Crippen LogP contribution in [0.5, 0.6) is 5.75 Å². The fourth-order valence-electron chi connectivity index (χ4n) is 4.02. The largest absolute Gasteiger partial charge is 0.497 e. The number of Topliss-reactive ketones (excluding diaryl/α,β-unsaturated/α-hetero) is 1. The Balaban J connectivity index is 1.67. The van der Waals surface area contributed by atoms with Crippen LogP contribution in [-0.2, 0) is 16.8 Å². The van der Waals surface area contributed by atoms with Crippen molar-refractivity contribution >= 4 is 17.4 Å². The minimum Gasteiger partial charge on any atom is -0.497 e. The SMILES string of the molecule is COc1ccc2c(c1)CC(CC1(O)C(=O)N(C)c3ccccc31)C2=O. The Morgan fingerprint density at radius 2 is 2.00 bits per heavy atom. The number of carbonyl (C=O) groups is 2. The van der Waals surface area contributed by atoms with Gasteiger partial charge < -0.3 is 14.7 Å². The van der Waals surface area contributed by atoms with Crippen LogP contribution in [-0.4, -0.2) is 31.0 Å². The van der Waals surface area contributed by atoms with E-state index in [1.54, 1.807) is 44.5 Å². The van der Waals surface area contributed by atoms with Gasteiger partial charge >= 0.3 is 0 Å². The number of ether oxygens (including phenoxy) is 1.